The average molecular weight is 521 g/mol. The fourth-order valence-corrected chi connectivity index (χ4v) is 4.43. The summed E-state index contributed by atoms with van der Waals surface area (Å²) < 4.78 is 31.1. The fourth-order valence-electron chi connectivity index (χ4n) is 2.88. The number of nitrogens with zero attached hydrogens (tertiary/aromatic N) is 2. The molecule has 0 aliphatic rings. The third kappa shape index (κ3) is 7.30. The summed E-state index contributed by atoms with van der Waals surface area (Å²) in [4.78, 5) is 25.0. The molecule has 0 spiro atoms. The average Bonchev–Trinajstić information content (AvgIpc) is 3.28. The van der Waals surface area contributed by atoms with Crippen molar-refractivity contribution in [1.82, 2.24) is 10.2 Å². The molecular weight excluding hydrogens is 495 g/mol. The molecule has 0 saturated heterocycles. The molecule has 0 fully saturated rings. The number of nitrogens with one attached hydrogen (secondary N) is 2. The number of benzene rings is 2. The lowest BCUT2D eigenvalue weighted by Gasteiger charge is -2.16. The SMILES string of the molecule is CCOc1cc(C(=O)Nc2nnc(SCC(=O)Nc3ccccc3F)s2)cc(OCC)c1OCC. The van der Waals surface area contributed by atoms with Gasteiger partial charge in [0.2, 0.25) is 16.8 Å². The standard InChI is InChI=1S/C23H25FN4O5S2/c1-4-31-17-11-14(12-18(32-5-2)20(17)33-6-3)21(30)26-22-27-28-23(35-22)34-13-19(29)25-16-10-8-7-9-15(16)24/h7-12H,4-6,13H2,1-3H3,(H,25,29)(H,26,27,30). The first-order valence-corrected chi connectivity index (χ1v) is 12.6. The van der Waals surface area contributed by atoms with Crippen molar-refractivity contribution in [1.29, 1.82) is 0 Å². The molecule has 0 bridgehead atoms. The number of ether oxygens (including phenoxy) is 3. The quantitative estimate of drug-likeness (QED) is 0.257. The highest BCUT2D eigenvalue weighted by molar-refractivity contribution is 8.01. The monoisotopic (exact) mass is 520 g/mol. The number of carbonyl (C=O) groups is 2. The maximum absolute atomic E-state index is 13.7. The van der Waals surface area contributed by atoms with E-state index in [1.807, 2.05) is 20.8 Å². The first kappa shape index (κ1) is 26.2. The van der Waals surface area contributed by atoms with E-state index in [9.17, 15) is 14.0 Å². The van der Waals surface area contributed by atoms with E-state index in [0.717, 1.165) is 23.1 Å². The molecule has 2 aromatic carbocycles. The molecule has 0 unspecified atom stereocenters. The molecule has 0 atom stereocenters. The molecule has 0 aliphatic heterocycles. The minimum Gasteiger partial charge on any atom is -0.490 e. The molecule has 12 heteroatoms. The van der Waals surface area contributed by atoms with Gasteiger partial charge in [0.05, 0.1) is 31.3 Å². The second-order valence-electron chi connectivity index (χ2n) is 6.74. The van der Waals surface area contributed by atoms with Gasteiger partial charge in [-0.3, -0.25) is 14.9 Å². The first-order chi connectivity index (χ1) is 16.9. The second kappa shape index (κ2) is 12.9. The maximum Gasteiger partial charge on any atom is 0.257 e. The molecule has 0 radical (unpaired) electrons. The maximum atomic E-state index is 13.7. The molecule has 1 aromatic heterocycles. The highest BCUT2D eigenvalue weighted by atomic mass is 32.2. The number of amides is 2. The molecule has 3 aromatic rings. The van der Waals surface area contributed by atoms with Crippen LogP contribution in [0, 0.1) is 5.82 Å². The smallest absolute Gasteiger partial charge is 0.257 e. The minimum absolute atomic E-state index is 0.00520. The number of hydrogen-bond acceptors (Lipinski definition) is 9. The number of halogens is 1. The molecule has 3 rings (SSSR count). The van der Waals surface area contributed by atoms with Crippen LogP contribution in [-0.4, -0.2) is 47.6 Å². The zero-order valence-electron chi connectivity index (χ0n) is 19.4. The topological polar surface area (TPSA) is 112 Å². The number of aromatic nitrogens is 2. The summed E-state index contributed by atoms with van der Waals surface area (Å²) in [6.07, 6.45) is 0. The van der Waals surface area contributed by atoms with Crippen molar-refractivity contribution < 1.29 is 28.2 Å². The predicted octanol–water partition coefficient (Wildman–Crippen LogP) is 4.86. The van der Waals surface area contributed by atoms with Crippen molar-refractivity contribution in [2.75, 3.05) is 36.2 Å². The number of carbonyl (C=O) groups excluding carboxylic acids is 2. The highest BCUT2D eigenvalue weighted by Gasteiger charge is 2.19. The van der Waals surface area contributed by atoms with Crippen LogP contribution < -0.4 is 24.8 Å². The predicted molar refractivity (Wildman–Crippen MR) is 134 cm³/mol. The van der Waals surface area contributed by atoms with Crippen LogP contribution in [0.2, 0.25) is 0 Å². The van der Waals surface area contributed by atoms with Gasteiger partial charge in [0.1, 0.15) is 5.82 Å². The lowest BCUT2D eigenvalue weighted by molar-refractivity contribution is -0.113. The van der Waals surface area contributed by atoms with Crippen molar-refractivity contribution in [2.24, 2.45) is 0 Å². The fraction of sp³-hybridized carbons (Fsp3) is 0.304. The van der Waals surface area contributed by atoms with Crippen LogP contribution in [0.4, 0.5) is 15.2 Å². The molecule has 0 aliphatic carbocycles. The Kier molecular flexibility index (Phi) is 9.67. The number of para-hydroxylation sites is 1. The highest BCUT2D eigenvalue weighted by Crippen LogP contribution is 2.39. The zero-order valence-corrected chi connectivity index (χ0v) is 21.1. The van der Waals surface area contributed by atoms with E-state index in [4.69, 9.17) is 14.2 Å². The van der Waals surface area contributed by atoms with Gasteiger partial charge in [-0.1, -0.05) is 35.2 Å². The second-order valence-corrected chi connectivity index (χ2v) is 8.94. The van der Waals surface area contributed by atoms with E-state index in [1.54, 1.807) is 24.3 Å². The van der Waals surface area contributed by atoms with Crippen molar-refractivity contribution in [3.63, 3.8) is 0 Å². The van der Waals surface area contributed by atoms with E-state index >= 15 is 0 Å². The van der Waals surface area contributed by atoms with Crippen LogP contribution in [0.25, 0.3) is 0 Å². The first-order valence-electron chi connectivity index (χ1n) is 10.8. The van der Waals surface area contributed by atoms with Gasteiger partial charge in [0.25, 0.3) is 5.91 Å². The van der Waals surface area contributed by atoms with E-state index in [2.05, 4.69) is 20.8 Å². The summed E-state index contributed by atoms with van der Waals surface area (Å²) in [6.45, 7) is 6.70. The van der Waals surface area contributed by atoms with Crippen LogP contribution in [0.3, 0.4) is 0 Å². The zero-order chi connectivity index (χ0) is 25.2. The Bertz CT molecular complexity index is 1150. The van der Waals surface area contributed by atoms with Crippen molar-refractivity contribution in [2.45, 2.75) is 25.1 Å². The van der Waals surface area contributed by atoms with Gasteiger partial charge in [-0.25, -0.2) is 4.39 Å². The van der Waals surface area contributed by atoms with Crippen LogP contribution in [0.15, 0.2) is 40.7 Å². The van der Waals surface area contributed by atoms with Crippen LogP contribution in [0.1, 0.15) is 31.1 Å². The van der Waals surface area contributed by atoms with Crippen LogP contribution >= 0.6 is 23.1 Å². The van der Waals surface area contributed by atoms with Crippen LogP contribution in [0.5, 0.6) is 17.2 Å². The molecular formula is C23H25FN4O5S2. The molecule has 35 heavy (non-hydrogen) atoms. The number of thioether (sulfide) groups is 1. The van der Waals surface area contributed by atoms with E-state index in [1.165, 1.54) is 12.1 Å². The van der Waals surface area contributed by atoms with Crippen molar-refractivity contribution in [3.05, 3.63) is 47.8 Å². The molecule has 9 nitrogen and oxygen atoms in total. The molecule has 2 N–H and O–H groups in total. The van der Waals surface area contributed by atoms with Gasteiger partial charge in [0.15, 0.2) is 15.8 Å². The summed E-state index contributed by atoms with van der Waals surface area (Å²) in [6, 6.07) is 9.07. The van der Waals surface area contributed by atoms with Gasteiger partial charge < -0.3 is 19.5 Å². The number of anilines is 2. The van der Waals surface area contributed by atoms with Gasteiger partial charge >= 0.3 is 0 Å². The Labute approximate surface area is 210 Å². The molecule has 1 heterocycles. The van der Waals surface area contributed by atoms with Crippen molar-refractivity contribution >= 4 is 45.7 Å². The minimum atomic E-state index is -0.513. The van der Waals surface area contributed by atoms with Gasteiger partial charge in [-0.2, -0.15) is 0 Å². The Morgan fingerprint density at radius 2 is 1.63 bits per heavy atom. The Hall–Kier alpha value is -3.38. The summed E-state index contributed by atoms with van der Waals surface area (Å²) in [5.41, 5.74) is 0.408. The lowest BCUT2D eigenvalue weighted by atomic mass is 10.1. The normalized spacial score (nSPS) is 10.5. The summed E-state index contributed by atoms with van der Waals surface area (Å²) in [5.74, 6) is -0.0792. The summed E-state index contributed by atoms with van der Waals surface area (Å²) in [5, 5.41) is 13.4. The van der Waals surface area contributed by atoms with E-state index < -0.39 is 11.7 Å². The van der Waals surface area contributed by atoms with Crippen LogP contribution in [-0.2, 0) is 4.79 Å². The van der Waals surface area contributed by atoms with Gasteiger partial charge in [-0.05, 0) is 45.0 Å². The summed E-state index contributed by atoms with van der Waals surface area (Å²) in [7, 11) is 0. The lowest BCUT2D eigenvalue weighted by Crippen LogP contribution is -2.14. The molecule has 186 valence electrons. The van der Waals surface area contributed by atoms with Crippen molar-refractivity contribution in [3.8, 4) is 17.2 Å². The molecule has 2 amide bonds. The third-order valence-electron chi connectivity index (χ3n) is 4.27. The Morgan fingerprint density at radius 3 is 2.26 bits per heavy atom. The molecule has 0 saturated carbocycles. The number of rotatable bonds is 12. The number of hydrogen-bond donors (Lipinski definition) is 2. The summed E-state index contributed by atoms with van der Waals surface area (Å²) >= 11 is 2.24. The van der Waals surface area contributed by atoms with Gasteiger partial charge in [0, 0.05) is 5.56 Å². The Balaban J connectivity index is 1.65. The Morgan fingerprint density at radius 1 is 0.971 bits per heavy atom. The third-order valence-corrected chi connectivity index (χ3v) is 6.24. The van der Waals surface area contributed by atoms with Gasteiger partial charge in [-0.15, -0.1) is 10.2 Å². The van der Waals surface area contributed by atoms with E-state index in [0.29, 0.717) is 47.0 Å². The largest absolute Gasteiger partial charge is 0.490 e. The van der Waals surface area contributed by atoms with E-state index in [-0.39, 0.29) is 22.5 Å².